The van der Waals surface area contributed by atoms with Gasteiger partial charge in [0.05, 0.1) is 12.9 Å². The molecule has 1 aliphatic heterocycles. The molecule has 3 unspecified atom stereocenters. The van der Waals surface area contributed by atoms with Crippen molar-refractivity contribution in [3.63, 3.8) is 0 Å². The standard InChI is InChI=1S/C25H39N7O6/c1-5-15-6-20(32(10-15)14(4)34)23(37)31-25(8-17(25)13(2)3)24(38)30-18(7-16-9-27-12-28-16)22(36)29-19(11-33)21(26)35/h9,12-13,15,17-20,33H,5-8,10-11H2,1-4H3,(H2,26,35)(H,27,28)(H,29,36)(H,30,38)(H,31,37)/t15?,17?,18-,19-,20-,25?/m0/s1. The molecule has 1 aromatic rings. The SMILES string of the molecule is CCC1C[C@@H](C(=O)NC2(C(=O)N[C@@H](Cc3cnc[nH]3)C(=O)N[C@@H](CO)C(N)=O)CC2C(C)C)N(C(C)=O)C1. The molecule has 13 heteroatoms. The van der Waals surface area contributed by atoms with E-state index >= 15 is 0 Å². The van der Waals surface area contributed by atoms with Crippen LogP contribution in [0, 0.1) is 17.8 Å². The molecule has 3 rings (SSSR count). The second kappa shape index (κ2) is 11.9. The average Bonchev–Trinajstić information content (AvgIpc) is 3.19. The number of nitrogens with two attached hydrogens (primary N) is 1. The lowest BCUT2D eigenvalue weighted by molar-refractivity contribution is -0.139. The fourth-order valence-electron chi connectivity index (χ4n) is 5.26. The Kier molecular flexibility index (Phi) is 9.13. The molecule has 210 valence electrons. The van der Waals surface area contributed by atoms with E-state index in [0.717, 1.165) is 6.42 Å². The van der Waals surface area contributed by atoms with Crippen LogP contribution in [0.1, 0.15) is 52.7 Å². The van der Waals surface area contributed by atoms with Crippen LogP contribution in [0.5, 0.6) is 0 Å². The fraction of sp³-hybridized carbons (Fsp3) is 0.680. The zero-order chi connectivity index (χ0) is 28.2. The largest absolute Gasteiger partial charge is 0.394 e. The molecule has 1 saturated carbocycles. The number of carbonyl (C=O) groups is 5. The highest BCUT2D eigenvalue weighted by Crippen LogP contribution is 2.49. The van der Waals surface area contributed by atoms with Crippen LogP contribution in [0.4, 0.5) is 0 Å². The van der Waals surface area contributed by atoms with Gasteiger partial charge in [0, 0.05) is 31.8 Å². The highest BCUT2D eigenvalue weighted by Gasteiger charge is 2.63. The van der Waals surface area contributed by atoms with Crippen LogP contribution in [-0.2, 0) is 30.4 Å². The molecule has 0 spiro atoms. The van der Waals surface area contributed by atoms with Gasteiger partial charge in [0.25, 0.3) is 0 Å². The molecule has 1 saturated heterocycles. The number of amides is 5. The molecule has 2 aliphatic rings. The Morgan fingerprint density at radius 2 is 1.95 bits per heavy atom. The first-order valence-corrected chi connectivity index (χ1v) is 13.0. The van der Waals surface area contributed by atoms with Crippen molar-refractivity contribution in [2.75, 3.05) is 13.2 Å². The minimum atomic E-state index is -1.33. The van der Waals surface area contributed by atoms with Crippen LogP contribution >= 0.6 is 0 Å². The maximum absolute atomic E-state index is 13.7. The third kappa shape index (κ3) is 6.32. The highest BCUT2D eigenvalue weighted by atomic mass is 16.3. The quantitative estimate of drug-likeness (QED) is 0.189. The molecule has 1 aromatic heterocycles. The van der Waals surface area contributed by atoms with E-state index in [0.29, 0.717) is 25.1 Å². The van der Waals surface area contributed by atoms with E-state index in [1.54, 1.807) is 4.90 Å². The summed E-state index contributed by atoms with van der Waals surface area (Å²) in [5, 5.41) is 17.4. The van der Waals surface area contributed by atoms with Gasteiger partial charge in [0.15, 0.2) is 0 Å². The Bertz CT molecular complexity index is 1040. The molecule has 38 heavy (non-hydrogen) atoms. The summed E-state index contributed by atoms with van der Waals surface area (Å²) in [6.07, 6.45) is 4.67. The van der Waals surface area contributed by atoms with Gasteiger partial charge in [-0.3, -0.25) is 24.0 Å². The molecule has 0 radical (unpaired) electrons. The minimum Gasteiger partial charge on any atom is -0.394 e. The number of hydrogen-bond donors (Lipinski definition) is 6. The predicted molar refractivity (Wildman–Crippen MR) is 136 cm³/mol. The van der Waals surface area contributed by atoms with Gasteiger partial charge in [0.1, 0.15) is 23.7 Å². The van der Waals surface area contributed by atoms with Gasteiger partial charge in [-0.1, -0.05) is 27.2 Å². The molecule has 6 atom stereocenters. The summed E-state index contributed by atoms with van der Waals surface area (Å²) in [4.78, 5) is 72.3. The van der Waals surface area contributed by atoms with E-state index in [9.17, 15) is 29.1 Å². The van der Waals surface area contributed by atoms with Gasteiger partial charge in [-0.15, -0.1) is 0 Å². The van der Waals surface area contributed by atoms with Crippen LogP contribution < -0.4 is 21.7 Å². The molecule has 7 N–H and O–H groups in total. The van der Waals surface area contributed by atoms with E-state index in [-0.39, 0.29) is 30.1 Å². The van der Waals surface area contributed by atoms with E-state index in [4.69, 9.17) is 5.73 Å². The van der Waals surface area contributed by atoms with E-state index in [1.165, 1.54) is 19.4 Å². The van der Waals surface area contributed by atoms with Crippen molar-refractivity contribution in [2.24, 2.45) is 23.5 Å². The van der Waals surface area contributed by atoms with Gasteiger partial charge in [-0.25, -0.2) is 4.98 Å². The monoisotopic (exact) mass is 533 g/mol. The molecule has 2 heterocycles. The summed E-state index contributed by atoms with van der Waals surface area (Å²) < 4.78 is 0. The fourth-order valence-corrected chi connectivity index (χ4v) is 5.26. The van der Waals surface area contributed by atoms with Gasteiger partial charge in [-0.05, 0) is 30.6 Å². The van der Waals surface area contributed by atoms with E-state index < -0.39 is 53.9 Å². The molecular formula is C25H39N7O6. The van der Waals surface area contributed by atoms with Gasteiger partial charge < -0.3 is 36.7 Å². The summed E-state index contributed by atoms with van der Waals surface area (Å²) in [5.74, 6) is -2.68. The lowest BCUT2D eigenvalue weighted by atomic mass is 10.00. The molecule has 0 bridgehead atoms. The Morgan fingerprint density at radius 3 is 2.45 bits per heavy atom. The van der Waals surface area contributed by atoms with E-state index in [1.807, 2.05) is 20.8 Å². The van der Waals surface area contributed by atoms with E-state index in [2.05, 4.69) is 25.9 Å². The van der Waals surface area contributed by atoms with Crippen LogP contribution in [0.2, 0.25) is 0 Å². The van der Waals surface area contributed by atoms with Crippen molar-refractivity contribution in [1.29, 1.82) is 0 Å². The molecule has 2 fully saturated rings. The number of nitrogens with one attached hydrogen (secondary N) is 4. The lowest BCUT2D eigenvalue weighted by Crippen LogP contribution is -2.60. The Balaban J connectivity index is 1.81. The van der Waals surface area contributed by atoms with Crippen LogP contribution in [0.15, 0.2) is 12.5 Å². The van der Waals surface area contributed by atoms with Crippen molar-refractivity contribution < 1.29 is 29.1 Å². The van der Waals surface area contributed by atoms with Crippen LogP contribution in [0.3, 0.4) is 0 Å². The molecule has 13 nitrogen and oxygen atoms in total. The van der Waals surface area contributed by atoms with Crippen molar-refractivity contribution >= 4 is 29.5 Å². The number of aromatic amines is 1. The number of likely N-dealkylation sites (tertiary alicyclic amines) is 1. The van der Waals surface area contributed by atoms with Gasteiger partial charge in [-0.2, -0.15) is 0 Å². The number of aliphatic hydroxyl groups is 1. The number of aromatic nitrogens is 2. The van der Waals surface area contributed by atoms with Crippen LogP contribution in [-0.4, -0.2) is 86.3 Å². The third-order valence-corrected chi connectivity index (χ3v) is 7.69. The Labute approximate surface area is 221 Å². The lowest BCUT2D eigenvalue weighted by Gasteiger charge is -2.28. The predicted octanol–water partition coefficient (Wildman–Crippen LogP) is -1.42. The number of hydrogen-bond acceptors (Lipinski definition) is 7. The normalized spacial score (nSPS) is 25.9. The zero-order valence-corrected chi connectivity index (χ0v) is 22.3. The number of rotatable bonds is 12. The highest BCUT2D eigenvalue weighted by molar-refractivity contribution is 5.99. The molecule has 5 amide bonds. The molecular weight excluding hydrogens is 494 g/mol. The molecule has 0 aromatic carbocycles. The van der Waals surface area contributed by atoms with Crippen molar-refractivity contribution in [3.8, 4) is 0 Å². The van der Waals surface area contributed by atoms with Crippen molar-refractivity contribution in [3.05, 3.63) is 18.2 Å². The summed E-state index contributed by atoms with van der Waals surface area (Å²) in [7, 11) is 0. The second-order valence-electron chi connectivity index (χ2n) is 10.7. The van der Waals surface area contributed by atoms with Gasteiger partial charge in [0.2, 0.25) is 29.5 Å². The summed E-state index contributed by atoms with van der Waals surface area (Å²) >= 11 is 0. The van der Waals surface area contributed by atoms with Crippen molar-refractivity contribution in [1.82, 2.24) is 30.8 Å². The minimum absolute atomic E-state index is 0.0176. The number of primary amides is 1. The summed E-state index contributed by atoms with van der Waals surface area (Å²) in [6.45, 7) is 7.13. The van der Waals surface area contributed by atoms with Crippen molar-refractivity contribution in [2.45, 2.75) is 77.0 Å². The summed E-state index contributed by atoms with van der Waals surface area (Å²) in [6, 6.07) is -3.14. The smallest absolute Gasteiger partial charge is 0.246 e. The topological polar surface area (TPSA) is 200 Å². The number of nitrogens with zero attached hydrogens (tertiary/aromatic N) is 2. The number of carbonyl (C=O) groups excluding carboxylic acids is 5. The first kappa shape index (κ1) is 29.1. The first-order chi connectivity index (χ1) is 17.9. The maximum atomic E-state index is 13.7. The third-order valence-electron chi connectivity index (χ3n) is 7.69. The first-order valence-electron chi connectivity index (χ1n) is 13.0. The van der Waals surface area contributed by atoms with Crippen LogP contribution in [0.25, 0.3) is 0 Å². The maximum Gasteiger partial charge on any atom is 0.246 e. The van der Waals surface area contributed by atoms with Gasteiger partial charge >= 0.3 is 0 Å². The molecule has 1 aliphatic carbocycles. The Morgan fingerprint density at radius 1 is 1.24 bits per heavy atom. The number of aliphatic hydroxyl groups excluding tert-OH is 1. The second-order valence-corrected chi connectivity index (χ2v) is 10.7. The average molecular weight is 534 g/mol. The zero-order valence-electron chi connectivity index (χ0n) is 22.3. The number of imidazole rings is 1. The Hall–Kier alpha value is -3.48. The summed E-state index contributed by atoms with van der Waals surface area (Å²) in [5.41, 5.74) is 4.54. The number of H-pyrrole nitrogens is 1.